The van der Waals surface area contributed by atoms with Crippen molar-refractivity contribution < 1.29 is 38.1 Å². The molecule has 8 nitrogen and oxygen atoms in total. The first-order valence-corrected chi connectivity index (χ1v) is 8.30. The molecule has 1 aliphatic heterocycles. The minimum Gasteiger partial charge on any atom is -0.457 e. The van der Waals surface area contributed by atoms with E-state index < -0.39 is 29.9 Å². The lowest BCUT2D eigenvalue weighted by atomic mass is 10.3. The van der Waals surface area contributed by atoms with Crippen LogP contribution in [0.5, 0.6) is 0 Å². The molecule has 1 rings (SSSR count). The first kappa shape index (κ1) is 24.1. The van der Waals surface area contributed by atoms with Crippen molar-refractivity contribution in [3.63, 3.8) is 0 Å². The van der Waals surface area contributed by atoms with Crippen LogP contribution in [-0.4, -0.2) is 36.5 Å². The van der Waals surface area contributed by atoms with Crippen LogP contribution in [0, 0.1) is 0 Å². The molecule has 1 aliphatic rings. The van der Waals surface area contributed by atoms with Crippen molar-refractivity contribution in [1.29, 1.82) is 0 Å². The van der Waals surface area contributed by atoms with Gasteiger partial charge < -0.3 is 18.9 Å². The third kappa shape index (κ3) is 7.94. The highest BCUT2D eigenvalue weighted by atomic mass is 16.9. The van der Waals surface area contributed by atoms with E-state index in [1.54, 1.807) is 6.92 Å². The Kier molecular flexibility index (Phi) is 13.4. The van der Waals surface area contributed by atoms with Crippen LogP contribution in [0.2, 0.25) is 0 Å². The van der Waals surface area contributed by atoms with Crippen LogP contribution in [0.15, 0.2) is 0 Å². The highest BCUT2D eigenvalue weighted by molar-refractivity contribution is 6.32. The molecular weight excluding hydrogens is 320 g/mol. The fourth-order valence-electron chi connectivity index (χ4n) is 1.44. The van der Waals surface area contributed by atoms with Crippen molar-refractivity contribution in [1.82, 2.24) is 0 Å². The van der Waals surface area contributed by atoms with Crippen LogP contribution < -0.4 is 0 Å². The van der Waals surface area contributed by atoms with Gasteiger partial charge in [-0.3, -0.25) is 0 Å². The van der Waals surface area contributed by atoms with Crippen molar-refractivity contribution in [3.05, 3.63) is 0 Å². The SMILES string of the molecule is CC.CC.CCCCOC(=O)C(=O)OC1(CCC)OC(=O)C(=O)O1. The Morgan fingerprint density at radius 2 is 1.42 bits per heavy atom. The van der Waals surface area contributed by atoms with Crippen LogP contribution in [0.3, 0.4) is 0 Å². The molecule has 0 unspecified atom stereocenters. The molecule has 0 radical (unpaired) electrons. The van der Waals surface area contributed by atoms with E-state index in [1.165, 1.54) is 0 Å². The van der Waals surface area contributed by atoms with Crippen molar-refractivity contribution in [3.8, 4) is 0 Å². The second kappa shape index (κ2) is 13.3. The largest absolute Gasteiger partial charge is 0.457 e. The first-order valence-electron chi connectivity index (χ1n) is 8.30. The molecule has 0 bridgehead atoms. The molecule has 1 fully saturated rings. The highest BCUT2D eigenvalue weighted by Crippen LogP contribution is 2.28. The predicted octanol–water partition coefficient (Wildman–Crippen LogP) is 2.48. The van der Waals surface area contributed by atoms with E-state index in [4.69, 9.17) is 0 Å². The molecule has 24 heavy (non-hydrogen) atoms. The van der Waals surface area contributed by atoms with E-state index in [2.05, 4.69) is 18.9 Å². The second-order valence-electron chi connectivity index (χ2n) is 4.09. The molecule has 0 aliphatic carbocycles. The van der Waals surface area contributed by atoms with E-state index in [1.807, 2.05) is 34.6 Å². The van der Waals surface area contributed by atoms with Gasteiger partial charge in [-0.1, -0.05) is 48.0 Å². The van der Waals surface area contributed by atoms with E-state index in [0.717, 1.165) is 6.42 Å². The Hall–Kier alpha value is -2.12. The fraction of sp³-hybridized carbons (Fsp3) is 0.750. The lowest BCUT2D eigenvalue weighted by molar-refractivity contribution is -0.303. The maximum absolute atomic E-state index is 11.5. The van der Waals surface area contributed by atoms with E-state index in [9.17, 15) is 19.2 Å². The Labute approximate surface area is 142 Å². The van der Waals surface area contributed by atoms with E-state index in [-0.39, 0.29) is 13.0 Å². The normalized spacial score (nSPS) is 14.1. The molecule has 0 atom stereocenters. The van der Waals surface area contributed by atoms with Crippen molar-refractivity contribution in [2.24, 2.45) is 0 Å². The lowest BCUT2D eigenvalue weighted by Crippen LogP contribution is -2.39. The average molecular weight is 348 g/mol. The highest BCUT2D eigenvalue weighted by Gasteiger charge is 2.52. The number of esters is 4. The van der Waals surface area contributed by atoms with Crippen LogP contribution in [0.25, 0.3) is 0 Å². The number of ether oxygens (including phenoxy) is 4. The molecule has 140 valence electrons. The van der Waals surface area contributed by atoms with Gasteiger partial charge in [-0.05, 0) is 12.8 Å². The Balaban J connectivity index is 0. The molecule has 0 amide bonds. The summed E-state index contributed by atoms with van der Waals surface area (Å²) in [6.45, 7) is 11.7. The molecule has 0 aromatic heterocycles. The van der Waals surface area contributed by atoms with Gasteiger partial charge in [0.05, 0.1) is 13.0 Å². The zero-order valence-electron chi connectivity index (χ0n) is 15.3. The predicted molar refractivity (Wildman–Crippen MR) is 84.5 cm³/mol. The number of carbonyl (C=O) groups is 4. The van der Waals surface area contributed by atoms with Crippen LogP contribution in [0.1, 0.15) is 67.2 Å². The van der Waals surface area contributed by atoms with Crippen LogP contribution in [-0.2, 0) is 38.1 Å². The number of hydrogen-bond acceptors (Lipinski definition) is 8. The zero-order valence-corrected chi connectivity index (χ0v) is 15.3. The topological polar surface area (TPSA) is 105 Å². The maximum atomic E-state index is 11.5. The van der Waals surface area contributed by atoms with Crippen LogP contribution >= 0.6 is 0 Å². The van der Waals surface area contributed by atoms with Gasteiger partial charge in [0.2, 0.25) is 0 Å². The summed E-state index contributed by atoms with van der Waals surface area (Å²) in [6.07, 6.45) is 1.71. The minimum atomic E-state index is -2.16. The van der Waals surface area contributed by atoms with E-state index >= 15 is 0 Å². The van der Waals surface area contributed by atoms with Gasteiger partial charge in [-0.25, -0.2) is 19.2 Å². The molecule has 0 N–H and O–H groups in total. The summed E-state index contributed by atoms with van der Waals surface area (Å²) < 4.78 is 18.5. The van der Waals surface area contributed by atoms with Gasteiger partial charge in [0.15, 0.2) is 0 Å². The third-order valence-corrected chi connectivity index (χ3v) is 2.37. The Bertz CT molecular complexity index is 400. The molecule has 8 heteroatoms. The second-order valence-corrected chi connectivity index (χ2v) is 4.09. The molecule has 0 aromatic carbocycles. The minimum absolute atomic E-state index is 0.0710. The number of hydrogen-bond donors (Lipinski definition) is 0. The Morgan fingerprint density at radius 3 is 1.83 bits per heavy atom. The summed E-state index contributed by atoms with van der Waals surface area (Å²) in [5.74, 6) is -7.31. The lowest BCUT2D eigenvalue weighted by Gasteiger charge is -2.23. The summed E-state index contributed by atoms with van der Waals surface area (Å²) in [6, 6.07) is 0. The fourth-order valence-corrected chi connectivity index (χ4v) is 1.44. The van der Waals surface area contributed by atoms with Crippen molar-refractivity contribution >= 4 is 23.9 Å². The quantitative estimate of drug-likeness (QED) is 0.409. The van der Waals surface area contributed by atoms with Gasteiger partial charge in [0.1, 0.15) is 0 Å². The molecular formula is C16H28O8. The van der Waals surface area contributed by atoms with Gasteiger partial charge in [-0.15, -0.1) is 0 Å². The molecule has 1 saturated heterocycles. The summed E-state index contributed by atoms with van der Waals surface area (Å²) in [4.78, 5) is 44.9. The number of unbranched alkanes of at least 4 members (excludes halogenated alkanes) is 1. The first-order chi connectivity index (χ1) is 11.4. The van der Waals surface area contributed by atoms with Gasteiger partial charge in [0.25, 0.3) is 0 Å². The summed E-state index contributed by atoms with van der Waals surface area (Å²) in [7, 11) is 0. The smallest absolute Gasteiger partial charge is 0.424 e. The van der Waals surface area contributed by atoms with Gasteiger partial charge in [-0.2, -0.15) is 0 Å². The van der Waals surface area contributed by atoms with Gasteiger partial charge >= 0.3 is 29.9 Å². The van der Waals surface area contributed by atoms with Crippen LogP contribution in [0.4, 0.5) is 0 Å². The van der Waals surface area contributed by atoms with Gasteiger partial charge in [0, 0.05) is 0 Å². The summed E-state index contributed by atoms with van der Waals surface area (Å²) in [5, 5.41) is 0. The number of cyclic esters (lactones) is 2. The molecule has 1 heterocycles. The summed E-state index contributed by atoms with van der Waals surface area (Å²) in [5.41, 5.74) is 0. The zero-order chi connectivity index (χ0) is 19.2. The third-order valence-electron chi connectivity index (χ3n) is 2.37. The van der Waals surface area contributed by atoms with Crippen molar-refractivity contribution in [2.45, 2.75) is 73.2 Å². The number of rotatable bonds is 6. The van der Waals surface area contributed by atoms with E-state index in [0.29, 0.717) is 12.8 Å². The Morgan fingerprint density at radius 1 is 0.917 bits per heavy atom. The molecule has 0 aromatic rings. The standard InChI is InChI=1S/C12H16O8.2C2H6/c1-3-5-7-17-8(13)9(14)18-12(6-4-2)19-10(15)11(16)20-12;2*1-2/h3-7H2,1-2H3;2*1-2H3. The molecule has 0 saturated carbocycles. The maximum Gasteiger partial charge on any atom is 0.424 e. The number of carbonyl (C=O) groups excluding carboxylic acids is 4. The monoisotopic (exact) mass is 348 g/mol. The molecule has 0 spiro atoms. The summed E-state index contributed by atoms with van der Waals surface area (Å²) >= 11 is 0. The average Bonchev–Trinajstić information content (AvgIpc) is 2.85. The van der Waals surface area contributed by atoms with Crippen molar-refractivity contribution in [2.75, 3.05) is 6.61 Å².